The molecule has 0 aromatic heterocycles. The molecule has 0 bridgehead atoms. The number of benzene rings is 1. The van der Waals surface area contributed by atoms with Crippen molar-refractivity contribution < 1.29 is 4.79 Å². The smallest absolute Gasteiger partial charge is 0.192 e. The Hall–Kier alpha value is -0.760. The van der Waals surface area contributed by atoms with Crippen molar-refractivity contribution in [3.05, 3.63) is 35.9 Å². The minimum absolute atomic E-state index is 0.290. The van der Waals surface area contributed by atoms with E-state index in [-0.39, 0.29) is 0 Å². The van der Waals surface area contributed by atoms with Crippen LogP contribution in [0.5, 0.6) is 0 Å². The molecule has 2 rings (SSSR count). The molecule has 3 atom stereocenters. The van der Waals surface area contributed by atoms with Gasteiger partial charge in [-0.15, -0.1) is 0 Å². The number of hydrogen-bond acceptors (Lipinski definition) is 2. The van der Waals surface area contributed by atoms with Gasteiger partial charge in [-0.3, -0.25) is 4.79 Å². The quantitative estimate of drug-likeness (QED) is 0.803. The van der Waals surface area contributed by atoms with E-state index < -0.39 is 0 Å². The average Bonchev–Trinajstić information content (AvgIpc) is 2.70. The molecular weight excluding hydrogens is 228 g/mol. The maximum absolute atomic E-state index is 11.9. The zero-order chi connectivity index (χ0) is 12.3. The van der Waals surface area contributed by atoms with Gasteiger partial charge in [-0.1, -0.05) is 62.4 Å². The van der Waals surface area contributed by atoms with Crippen LogP contribution in [0.2, 0.25) is 0 Å². The molecule has 0 saturated carbocycles. The van der Waals surface area contributed by atoms with Gasteiger partial charge in [-0.25, -0.2) is 0 Å². The van der Waals surface area contributed by atoms with Gasteiger partial charge in [-0.05, 0) is 24.3 Å². The molecule has 0 N–H and O–H groups in total. The Morgan fingerprint density at radius 1 is 1.35 bits per heavy atom. The molecule has 1 heterocycles. The highest BCUT2D eigenvalue weighted by Gasteiger charge is 2.35. The van der Waals surface area contributed by atoms with E-state index in [2.05, 4.69) is 38.1 Å². The number of thioether (sulfide) groups is 1. The minimum atomic E-state index is 0.290. The summed E-state index contributed by atoms with van der Waals surface area (Å²) in [6.07, 6.45) is 3.20. The standard InChI is InChI=1S/C15H20OS/c1-3-11(2)14-10-13(17-15(14)16)9-12-7-5-4-6-8-12/h4-8,11,13-14H,3,9-10H2,1-2H3/t11-,13+,14+/m0/s1. The summed E-state index contributed by atoms with van der Waals surface area (Å²) in [4.78, 5) is 11.9. The van der Waals surface area contributed by atoms with Crippen LogP contribution in [0, 0.1) is 11.8 Å². The Morgan fingerprint density at radius 3 is 2.71 bits per heavy atom. The zero-order valence-electron chi connectivity index (χ0n) is 10.6. The van der Waals surface area contributed by atoms with Crippen molar-refractivity contribution >= 4 is 16.9 Å². The highest BCUT2D eigenvalue weighted by Crippen LogP contribution is 2.39. The molecule has 2 heteroatoms. The number of carbonyl (C=O) groups is 1. The molecule has 92 valence electrons. The number of hydrogen-bond donors (Lipinski definition) is 0. The summed E-state index contributed by atoms with van der Waals surface area (Å²) < 4.78 is 0. The topological polar surface area (TPSA) is 17.1 Å². The monoisotopic (exact) mass is 248 g/mol. The van der Waals surface area contributed by atoms with Crippen LogP contribution in [0.25, 0.3) is 0 Å². The molecule has 0 spiro atoms. The van der Waals surface area contributed by atoms with Crippen molar-refractivity contribution in [3.8, 4) is 0 Å². The van der Waals surface area contributed by atoms with E-state index in [0.29, 0.717) is 22.2 Å². The summed E-state index contributed by atoms with van der Waals surface area (Å²) >= 11 is 1.57. The number of carbonyl (C=O) groups excluding carboxylic acids is 1. The van der Waals surface area contributed by atoms with Gasteiger partial charge < -0.3 is 0 Å². The molecule has 1 nitrogen and oxygen atoms in total. The van der Waals surface area contributed by atoms with E-state index in [4.69, 9.17) is 0 Å². The van der Waals surface area contributed by atoms with Crippen molar-refractivity contribution in [2.75, 3.05) is 0 Å². The molecule has 1 aromatic carbocycles. The zero-order valence-corrected chi connectivity index (χ0v) is 11.4. The van der Waals surface area contributed by atoms with Gasteiger partial charge in [0.05, 0.1) is 0 Å². The highest BCUT2D eigenvalue weighted by atomic mass is 32.2. The normalized spacial score (nSPS) is 26.1. The molecular formula is C15H20OS. The van der Waals surface area contributed by atoms with Crippen molar-refractivity contribution in [1.29, 1.82) is 0 Å². The molecule has 1 fully saturated rings. The molecule has 0 radical (unpaired) electrons. The lowest BCUT2D eigenvalue weighted by Crippen LogP contribution is -2.15. The first-order valence-electron chi connectivity index (χ1n) is 6.45. The first-order chi connectivity index (χ1) is 8.20. The van der Waals surface area contributed by atoms with E-state index in [1.54, 1.807) is 11.8 Å². The van der Waals surface area contributed by atoms with E-state index >= 15 is 0 Å². The maximum Gasteiger partial charge on any atom is 0.192 e. The molecule has 0 aliphatic carbocycles. The van der Waals surface area contributed by atoms with Gasteiger partial charge >= 0.3 is 0 Å². The third-order valence-corrected chi connectivity index (χ3v) is 4.97. The summed E-state index contributed by atoms with van der Waals surface area (Å²) in [5.41, 5.74) is 1.35. The van der Waals surface area contributed by atoms with Gasteiger partial charge in [0.2, 0.25) is 0 Å². The molecule has 1 aromatic rings. The Balaban J connectivity index is 1.95. The van der Waals surface area contributed by atoms with Crippen LogP contribution >= 0.6 is 11.8 Å². The fourth-order valence-corrected chi connectivity index (χ4v) is 3.84. The summed E-state index contributed by atoms with van der Waals surface area (Å²) in [6.45, 7) is 4.38. The van der Waals surface area contributed by atoms with Crippen LogP contribution in [-0.4, -0.2) is 10.4 Å². The lowest BCUT2D eigenvalue weighted by molar-refractivity contribution is -0.115. The Kier molecular flexibility index (Phi) is 4.27. The van der Waals surface area contributed by atoms with Crippen molar-refractivity contribution in [3.63, 3.8) is 0 Å². The van der Waals surface area contributed by atoms with Crippen LogP contribution in [-0.2, 0) is 11.2 Å². The second-order valence-electron chi connectivity index (χ2n) is 4.98. The first-order valence-corrected chi connectivity index (χ1v) is 7.33. The average molecular weight is 248 g/mol. The first kappa shape index (κ1) is 12.7. The van der Waals surface area contributed by atoms with Crippen molar-refractivity contribution in [2.45, 2.75) is 38.4 Å². The van der Waals surface area contributed by atoms with Gasteiger partial charge in [0.25, 0.3) is 0 Å². The Bertz CT molecular complexity index is 374. The summed E-state index contributed by atoms with van der Waals surface area (Å²) in [5.74, 6) is 0.828. The molecule has 17 heavy (non-hydrogen) atoms. The molecule has 1 aliphatic rings. The SMILES string of the molecule is CC[C@H](C)[C@H]1C[C@@H](Cc2ccccc2)SC1=O. The molecule has 1 saturated heterocycles. The molecule has 0 unspecified atom stereocenters. The van der Waals surface area contributed by atoms with Crippen LogP contribution in [0.1, 0.15) is 32.3 Å². The summed E-state index contributed by atoms with van der Waals surface area (Å²) in [6, 6.07) is 10.5. The predicted molar refractivity (Wildman–Crippen MR) is 74.1 cm³/mol. The third-order valence-electron chi connectivity index (χ3n) is 3.74. The van der Waals surface area contributed by atoms with Crippen LogP contribution in [0.15, 0.2) is 30.3 Å². The Labute approximate surface area is 108 Å². The highest BCUT2D eigenvalue weighted by molar-refractivity contribution is 8.14. The second kappa shape index (κ2) is 5.72. The lowest BCUT2D eigenvalue weighted by atomic mass is 9.88. The lowest BCUT2D eigenvalue weighted by Gasteiger charge is -2.15. The molecule has 0 amide bonds. The van der Waals surface area contributed by atoms with E-state index in [1.165, 1.54) is 5.56 Å². The fraction of sp³-hybridized carbons (Fsp3) is 0.533. The van der Waals surface area contributed by atoms with E-state index in [0.717, 1.165) is 19.3 Å². The predicted octanol–water partition coefficient (Wildman–Crippen LogP) is 3.92. The van der Waals surface area contributed by atoms with Gasteiger partial charge in [0, 0.05) is 11.2 Å². The van der Waals surface area contributed by atoms with Gasteiger partial charge in [-0.2, -0.15) is 0 Å². The number of rotatable bonds is 4. The van der Waals surface area contributed by atoms with Crippen LogP contribution < -0.4 is 0 Å². The summed E-state index contributed by atoms with van der Waals surface area (Å²) in [7, 11) is 0. The second-order valence-corrected chi connectivity index (χ2v) is 6.28. The van der Waals surface area contributed by atoms with Crippen molar-refractivity contribution in [2.24, 2.45) is 11.8 Å². The summed E-state index contributed by atoms with van der Waals surface area (Å²) in [5, 5.41) is 0.907. The fourth-order valence-electron chi connectivity index (χ4n) is 2.43. The van der Waals surface area contributed by atoms with Crippen LogP contribution in [0.4, 0.5) is 0 Å². The largest absolute Gasteiger partial charge is 0.287 e. The minimum Gasteiger partial charge on any atom is -0.287 e. The van der Waals surface area contributed by atoms with Crippen LogP contribution in [0.3, 0.4) is 0 Å². The van der Waals surface area contributed by atoms with Gasteiger partial charge in [0.1, 0.15) is 0 Å². The maximum atomic E-state index is 11.9. The van der Waals surface area contributed by atoms with E-state index in [1.807, 2.05) is 6.07 Å². The van der Waals surface area contributed by atoms with Crippen molar-refractivity contribution in [1.82, 2.24) is 0 Å². The van der Waals surface area contributed by atoms with E-state index in [9.17, 15) is 4.79 Å². The third kappa shape index (κ3) is 3.12. The Morgan fingerprint density at radius 2 is 2.06 bits per heavy atom. The van der Waals surface area contributed by atoms with Gasteiger partial charge in [0.15, 0.2) is 5.12 Å². The molecule has 1 aliphatic heterocycles.